The van der Waals surface area contributed by atoms with Crippen molar-refractivity contribution in [3.63, 3.8) is 0 Å². The molecule has 0 aliphatic heterocycles. The maximum absolute atomic E-state index is 13.7. The number of aliphatic hydroxyl groups excluding tert-OH is 1. The lowest BCUT2D eigenvalue weighted by molar-refractivity contribution is 0.299. The van der Waals surface area contributed by atoms with Gasteiger partial charge in [-0.2, -0.15) is 0 Å². The van der Waals surface area contributed by atoms with E-state index in [9.17, 15) is 13.2 Å². The fraction of sp³-hybridized carbons (Fsp3) is 0.143. The second kappa shape index (κ2) is 5.23. The van der Waals surface area contributed by atoms with E-state index < -0.39 is 17.5 Å². The van der Waals surface area contributed by atoms with Crippen molar-refractivity contribution >= 4 is 0 Å². The Morgan fingerprint density at radius 2 is 1.44 bits per heavy atom. The zero-order valence-corrected chi connectivity index (χ0v) is 9.46. The summed E-state index contributed by atoms with van der Waals surface area (Å²) in [4.78, 5) is 0. The second-order valence-electron chi connectivity index (χ2n) is 3.91. The molecule has 0 aliphatic rings. The van der Waals surface area contributed by atoms with E-state index in [4.69, 9.17) is 5.11 Å². The highest BCUT2D eigenvalue weighted by atomic mass is 19.1. The quantitative estimate of drug-likeness (QED) is 0.888. The molecule has 4 heteroatoms. The summed E-state index contributed by atoms with van der Waals surface area (Å²) in [5.41, 5.74) is 0.544. The van der Waals surface area contributed by atoms with Gasteiger partial charge >= 0.3 is 0 Å². The van der Waals surface area contributed by atoms with Crippen LogP contribution in [0.3, 0.4) is 0 Å². The summed E-state index contributed by atoms with van der Waals surface area (Å²) in [5.74, 6) is -1.93. The molecule has 0 aliphatic carbocycles. The molecular formula is C14H11F3O. The van der Waals surface area contributed by atoms with Gasteiger partial charge in [0.25, 0.3) is 0 Å². The van der Waals surface area contributed by atoms with Crippen LogP contribution in [0.5, 0.6) is 0 Å². The Labute approximate surface area is 103 Å². The highest BCUT2D eigenvalue weighted by molar-refractivity contribution is 5.65. The summed E-state index contributed by atoms with van der Waals surface area (Å²) in [6.07, 6.45) is 0.338. The molecule has 0 aromatic heterocycles. The number of halogens is 3. The number of rotatable bonds is 3. The minimum atomic E-state index is -0.684. The smallest absolute Gasteiger partial charge is 0.131 e. The van der Waals surface area contributed by atoms with E-state index in [-0.39, 0.29) is 17.7 Å². The first-order valence-electron chi connectivity index (χ1n) is 5.46. The molecule has 0 atom stereocenters. The lowest BCUT2D eigenvalue weighted by atomic mass is 10.0. The van der Waals surface area contributed by atoms with Crippen molar-refractivity contribution < 1.29 is 18.3 Å². The van der Waals surface area contributed by atoms with Gasteiger partial charge in [0.15, 0.2) is 0 Å². The Kier molecular flexibility index (Phi) is 3.67. The number of hydrogen-bond donors (Lipinski definition) is 1. The van der Waals surface area contributed by atoms with Crippen LogP contribution in [-0.2, 0) is 6.42 Å². The molecule has 1 nitrogen and oxygen atoms in total. The van der Waals surface area contributed by atoms with Gasteiger partial charge in [-0.1, -0.05) is 6.07 Å². The van der Waals surface area contributed by atoms with Crippen LogP contribution in [0.2, 0.25) is 0 Å². The minimum absolute atomic E-state index is 0.00190. The molecule has 2 aromatic rings. The Balaban J connectivity index is 2.55. The van der Waals surface area contributed by atoms with Crippen LogP contribution in [0, 0.1) is 17.5 Å². The van der Waals surface area contributed by atoms with Crippen molar-refractivity contribution in [3.05, 3.63) is 59.4 Å². The van der Waals surface area contributed by atoms with Gasteiger partial charge in [0, 0.05) is 17.7 Å². The van der Waals surface area contributed by atoms with E-state index >= 15 is 0 Å². The zero-order chi connectivity index (χ0) is 13.1. The molecule has 1 N–H and O–H groups in total. The maximum Gasteiger partial charge on any atom is 0.131 e. The molecule has 0 saturated heterocycles. The van der Waals surface area contributed by atoms with Gasteiger partial charge in [0.2, 0.25) is 0 Å². The molecule has 94 valence electrons. The van der Waals surface area contributed by atoms with E-state index in [1.54, 1.807) is 0 Å². The highest BCUT2D eigenvalue weighted by Crippen LogP contribution is 2.27. The summed E-state index contributed by atoms with van der Waals surface area (Å²) in [5, 5.41) is 8.82. The lowest BCUT2D eigenvalue weighted by Gasteiger charge is -2.07. The van der Waals surface area contributed by atoms with Crippen LogP contribution in [0.15, 0.2) is 36.4 Å². The van der Waals surface area contributed by atoms with Crippen molar-refractivity contribution in [2.45, 2.75) is 6.42 Å². The molecule has 0 saturated carbocycles. The van der Waals surface area contributed by atoms with E-state index in [1.807, 2.05) is 0 Å². The topological polar surface area (TPSA) is 20.2 Å². The summed E-state index contributed by atoms with van der Waals surface area (Å²) in [7, 11) is 0. The first-order chi connectivity index (χ1) is 8.61. The molecule has 0 fully saturated rings. The molecule has 0 heterocycles. The minimum Gasteiger partial charge on any atom is -0.396 e. The van der Waals surface area contributed by atoms with Gasteiger partial charge in [0.1, 0.15) is 17.5 Å². The standard InChI is InChI=1S/C14H11F3O/c15-10-2-4-14(17)12(8-10)11-7-9(5-6-18)1-3-13(11)16/h1-4,7-8,18H,5-6H2. The van der Waals surface area contributed by atoms with Crippen molar-refractivity contribution in [2.75, 3.05) is 6.61 Å². The average Bonchev–Trinajstić information content (AvgIpc) is 2.35. The molecule has 0 bridgehead atoms. The summed E-state index contributed by atoms with van der Waals surface area (Å²) >= 11 is 0. The van der Waals surface area contributed by atoms with Crippen molar-refractivity contribution in [2.24, 2.45) is 0 Å². The van der Waals surface area contributed by atoms with E-state index in [0.29, 0.717) is 12.0 Å². The molecule has 0 spiro atoms. The average molecular weight is 252 g/mol. The first kappa shape index (κ1) is 12.6. The SMILES string of the molecule is OCCc1ccc(F)c(-c2cc(F)ccc2F)c1. The van der Waals surface area contributed by atoms with Crippen molar-refractivity contribution in [3.8, 4) is 11.1 Å². The molecule has 0 unspecified atom stereocenters. The third-order valence-electron chi connectivity index (χ3n) is 2.65. The number of aliphatic hydroxyl groups is 1. The fourth-order valence-corrected chi connectivity index (χ4v) is 1.77. The van der Waals surface area contributed by atoms with Crippen LogP contribution < -0.4 is 0 Å². The first-order valence-corrected chi connectivity index (χ1v) is 5.46. The zero-order valence-electron chi connectivity index (χ0n) is 9.46. The lowest BCUT2D eigenvalue weighted by Crippen LogP contribution is -1.95. The Morgan fingerprint density at radius 1 is 0.833 bits per heavy atom. The largest absolute Gasteiger partial charge is 0.396 e. The van der Waals surface area contributed by atoms with Crippen LogP contribution in [0.1, 0.15) is 5.56 Å². The predicted molar refractivity (Wildman–Crippen MR) is 62.5 cm³/mol. The molecule has 2 rings (SSSR count). The second-order valence-corrected chi connectivity index (χ2v) is 3.91. The van der Waals surface area contributed by atoms with Gasteiger partial charge in [-0.05, 0) is 42.3 Å². The molecule has 18 heavy (non-hydrogen) atoms. The maximum atomic E-state index is 13.7. The van der Waals surface area contributed by atoms with Crippen LogP contribution in [0.4, 0.5) is 13.2 Å². The van der Waals surface area contributed by atoms with Crippen LogP contribution >= 0.6 is 0 Å². The van der Waals surface area contributed by atoms with Gasteiger partial charge in [-0.15, -0.1) is 0 Å². The van der Waals surface area contributed by atoms with Gasteiger partial charge < -0.3 is 5.11 Å². The third kappa shape index (κ3) is 2.54. The van der Waals surface area contributed by atoms with Crippen molar-refractivity contribution in [1.29, 1.82) is 0 Å². The number of benzene rings is 2. The number of hydrogen-bond acceptors (Lipinski definition) is 1. The highest BCUT2D eigenvalue weighted by Gasteiger charge is 2.12. The Hall–Kier alpha value is -1.81. The van der Waals surface area contributed by atoms with Crippen LogP contribution in [-0.4, -0.2) is 11.7 Å². The fourth-order valence-electron chi connectivity index (χ4n) is 1.77. The summed E-state index contributed by atoms with van der Waals surface area (Å²) in [6, 6.07) is 7.01. The van der Waals surface area contributed by atoms with Gasteiger partial charge in [0.05, 0.1) is 0 Å². The van der Waals surface area contributed by atoms with E-state index in [2.05, 4.69) is 0 Å². The predicted octanol–water partition coefficient (Wildman–Crippen LogP) is 3.31. The van der Waals surface area contributed by atoms with Gasteiger partial charge in [-0.25, -0.2) is 13.2 Å². The van der Waals surface area contributed by atoms with E-state index in [1.165, 1.54) is 18.2 Å². The van der Waals surface area contributed by atoms with Crippen molar-refractivity contribution in [1.82, 2.24) is 0 Å². The van der Waals surface area contributed by atoms with E-state index in [0.717, 1.165) is 18.2 Å². The Morgan fingerprint density at radius 3 is 2.11 bits per heavy atom. The monoisotopic (exact) mass is 252 g/mol. The van der Waals surface area contributed by atoms with Crippen LogP contribution in [0.25, 0.3) is 11.1 Å². The summed E-state index contributed by atoms with van der Waals surface area (Å²) < 4.78 is 40.3. The molecule has 2 aromatic carbocycles. The normalized spacial score (nSPS) is 10.7. The molecule has 0 radical (unpaired) electrons. The molecule has 0 amide bonds. The Bertz CT molecular complexity index is 567. The third-order valence-corrected chi connectivity index (χ3v) is 2.65. The van der Waals surface area contributed by atoms with Gasteiger partial charge in [-0.3, -0.25) is 0 Å². The molecular weight excluding hydrogens is 241 g/mol. The summed E-state index contributed by atoms with van der Waals surface area (Å²) in [6.45, 7) is -0.0866.